The second kappa shape index (κ2) is 19.2. The predicted molar refractivity (Wildman–Crippen MR) is 293 cm³/mol. The molecule has 4 nitrogen and oxygen atoms in total. The van der Waals surface area contributed by atoms with Crippen LogP contribution in [0, 0.1) is 0 Å². The van der Waals surface area contributed by atoms with Crippen molar-refractivity contribution in [1.82, 2.24) is 15.0 Å². The van der Waals surface area contributed by atoms with E-state index in [4.69, 9.17) is 15.0 Å². The number of nitrogens with zero attached hydrogens (tertiary/aromatic N) is 3. The van der Waals surface area contributed by atoms with Gasteiger partial charge in [0.05, 0.1) is 0 Å². The van der Waals surface area contributed by atoms with Gasteiger partial charge in [-0.15, -0.1) is 0 Å². The lowest BCUT2D eigenvalue weighted by molar-refractivity contribution is 0.588. The fourth-order valence-electron chi connectivity index (χ4n) is 9.37. The van der Waals surface area contributed by atoms with E-state index in [1.807, 2.05) is 60.7 Å². The molecule has 0 radical (unpaired) electrons. The highest BCUT2D eigenvalue weighted by atomic mass is 31.2. The maximum atomic E-state index is 13.0. The van der Waals surface area contributed by atoms with Gasteiger partial charge in [-0.25, -0.2) is 15.0 Å². The molecule has 0 fully saturated rings. The minimum atomic E-state index is -2.45. The Morgan fingerprint density at radius 1 is 0.257 bits per heavy atom. The highest BCUT2D eigenvalue weighted by molar-refractivity contribution is 7.70. The molecule has 0 unspecified atom stereocenters. The van der Waals surface area contributed by atoms with E-state index in [2.05, 4.69) is 194 Å². The summed E-state index contributed by atoms with van der Waals surface area (Å²) in [6.07, 6.45) is 0. The van der Waals surface area contributed by atoms with Crippen LogP contribution in [0.25, 0.3) is 112 Å². The van der Waals surface area contributed by atoms with Gasteiger partial charge in [-0.05, 0) is 122 Å². The molecule has 1 heterocycles. The molecule has 0 saturated carbocycles. The molecule has 334 valence electrons. The quantitative estimate of drug-likeness (QED) is 0.121. The molecule has 11 aromatic rings. The van der Waals surface area contributed by atoms with Gasteiger partial charge in [0.2, 0.25) is 0 Å². The Labute approximate surface area is 410 Å². The standard InChI is InChI=1S/C65H48N3OP/c1-70(2,69)57-39-21-35-53(43-57)52-34-20-38-56(42-52)65-67-63(49-30-16-7-17-31-49)66-64(68-65)55-37-19-33-51(41-55)50-32-18-36-54(40-50)59-44-58(45-22-8-3-9-23-45)60(46-24-10-4-11-25-46)62(48-28-14-6-15-29-48)61(59)47-26-12-5-13-27-47/h3-44H,1-2H3. The zero-order valence-electron chi connectivity index (χ0n) is 38.9. The number of aromatic nitrogens is 3. The third kappa shape index (κ3) is 9.09. The van der Waals surface area contributed by atoms with E-state index in [1.165, 1.54) is 22.3 Å². The highest BCUT2D eigenvalue weighted by Crippen LogP contribution is 2.50. The van der Waals surface area contributed by atoms with Crippen molar-refractivity contribution in [2.75, 3.05) is 13.3 Å². The molecule has 0 saturated heterocycles. The summed E-state index contributed by atoms with van der Waals surface area (Å²) < 4.78 is 13.0. The van der Waals surface area contributed by atoms with Crippen molar-refractivity contribution in [3.63, 3.8) is 0 Å². The van der Waals surface area contributed by atoms with Crippen LogP contribution < -0.4 is 5.30 Å². The molecule has 0 spiro atoms. The molecule has 0 aliphatic rings. The molecule has 10 aromatic carbocycles. The Bertz CT molecular complexity index is 3690. The first-order chi connectivity index (χ1) is 34.3. The van der Waals surface area contributed by atoms with Crippen LogP contribution in [0.15, 0.2) is 255 Å². The van der Waals surface area contributed by atoms with Crippen molar-refractivity contribution < 1.29 is 4.57 Å². The van der Waals surface area contributed by atoms with E-state index in [-0.39, 0.29) is 0 Å². The Morgan fingerprint density at radius 2 is 0.557 bits per heavy atom. The largest absolute Gasteiger partial charge is 0.319 e. The predicted octanol–water partition coefficient (Wildman–Crippen LogP) is 16.8. The lowest BCUT2D eigenvalue weighted by Gasteiger charge is -2.24. The van der Waals surface area contributed by atoms with E-state index in [0.29, 0.717) is 17.5 Å². The summed E-state index contributed by atoms with van der Waals surface area (Å²) in [5.74, 6) is 1.74. The minimum absolute atomic E-state index is 0.571. The van der Waals surface area contributed by atoms with Crippen molar-refractivity contribution in [1.29, 1.82) is 0 Å². The van der Waals surface area contributed by atoms with Crippen LogP contribution in [0.5, 0.6) is 0 Å². The van der Waals surface area contributed by atoms with Gasteiger partial charge in [-0.3, -0.25) is 0 Å². The van der Waals surface area contributed by atoms with Gasteiger partial charge in [0.15, 0.2) is 17.5 Å². The molecular formula is C65H48N3OP. The lowest BCUT2D eigenvalue weighted by atomic mass is 9.78. The van der Waals surface area contributed by atoms with E-state index in [0.717, 1.165) is 77.6 Å². The summed E-state index contributed by atoms with van der Waals surface area (Å²) in [5, 5.41) is 0.848. The molecule has 0 atom stereocenters. The summed E-state index contributed by atoms with van der Waals surface area (Å²) in [7, 11) is -2.45. The van der Waals surface area contributed by atoms with Crippen LogP contribution in [0.1, 0.15) is 0 Å². The second-order valence-corrected chi connectivity index (χ2v) is 21.1. The maximum absolute atomic E-state index is 13.0. The summed E-state index contributed by atoms with van der Waals surface area (Å²) >= 11 is 0. The van der Waals surface area contributed by atoms with Gasteiger partial charge in [-0.1, -0.05) is 224 Å². The van der Waals surface area contributed by atoms with E-state index < -0.39 is 7.14 Å². The molecule has 0 aliphatic carbocycles. The van der Waals surface area contributed by atoms with E-state index in [9.17, 15) is 4.57 Å². The lowest BCUT2D eigenvalue weighted by Crippen LogP contribution is -2.02. The van der Waals surface area contributed by atoms with Gasteiger partial charge < -0.3 is 4.57 Å². The Morgan fingerprint density at radius 3 is 1.00 bits per heavy atom. The van der Waals surface area contributed by atoms with Gasteiger partial charge >= 0.3 is 0 Å². The summed E-state index contributed by atoms with van der Waals surface area (Å²) in [6.45, 7) is 3.61. The van der Waals surface area contributed by atoms with Crippen molar-refractivity contribution >= 4 is 12.4 Å². The Kier molecular flexibility index (Phi) is 12.1. The first kappa shape index (κ1) is 44.0. The van der Waals surface area contributed by atoms with Gasteiger partial charge in [0, 0.05) is 22.0 Å². The first-order valence-corrected chi connectivity index (χ1v) is 26.2. The minimum Gasteiger partial charge on any atom is -0.319 e. The molecule has 11 rings (SSSR count). The summed E-state index contributed by atoms with van der Waals surface area (Å²) in [6, 6.07) is 89.3. The van der Waals surface area contributed by atoms with Crippen LogP contribution in [0.4, 0.5) is 0 Å². The van der Waals surface area contributed by atoms with Crippen LogP contribution in [-0.2, 0) is 4.57 Å². The van der Waals surface area contributed by atoms with Crippen LogP contribution in [0.3, 0.4) is 0 Å². The molecule has 1 aromatic heterocycles. The van der Waals surface area contributed by atoms with Crippen molar-refractivity contribution in [3.8, 4) is 112 Å². The Balaban J connectivity index is 1.07. The third-order valence-electron chi connectivity index (χ3n) is 12.8. The van der Waals surface area contributed by atoms with E-state index in [1.54, 1.807) is 13.3 Å². The molecule has 0 aliphatic heterocycles. The average molecular weight is 918 g/mol. The number of benzene rings is 10. The van der Waals surface area contributed by atoms with E-state index >= 15 is 0 Å². The first-order valence-electron chi connectivity index (χ1n) is 23.6. The van der Waals surface area contributed by atoms with Gasteiger partial charge in [0.1, 0.15) is 7.14 Å². The topological polar surface area (TPSA) is 55.7 Å². The zero-order valence-corrected chi connectivity index (χ0v) is 39.8. The average Bonchev–Trinajstić information content (AvgIpc) is 3.43. The van der Waals surface area contributed by atoms with Crippen molar-refractivity contribution in [2.24, 2.45) is 0 Å². The third-order valence-corrected chi connectivity index (χ3v) is 14.3. The highest BCUT2D eigenvalue weighted by Gasteiger charge is 2.24. The fourth-order valence-corrected chi connectivity index (χ4v) is 10.3. The smallest absolute Gasteiger partial charge is 0.164 e. The van der Waals surface area contributed by atoms with Crippen LogP contribution in [0.2, 0.25) is 0 Å². The van der Waals surface area contributed by atoms with Crippen LogP contribution >= 0.6 is 7.14 Å². The van der Waals surface area contributed by atoms with Crippen molar-refractivity contribution in [3.05, 3.63) is 255 Å². The van der Waals surface area contributed by atoms with Gasteiger partial charge in [0.25, 0.3) is 0 Å². The second-order valence-electron chi connectivity index (χ2n) is 17.9. The summed E-state index contributed by atoms with van der Waals surface area (Å²) in [4.78, 5) is 15.4. The molecular weight excluding hydrogens is 870 g/mol. The molecule has 0 amide bonds. The maximum Gasteiger partial charge on any atom is 0.164 e. The number of rotatable bonds is 11. The fraction of sp³-hybridized carbons (Fsp3) is 0.0308. The SMILES string of the molecule is CP(C)(=O)c1cccc(-c2cccc(-c3nc(-c4ccccc4)nc(-c4cccc(-c5cccc(-c6cc(-c7ccccc7)c(-c7ccccc7)c(-c7ccccc7)c6-c6ccccc6)c5)c4)n3)c2)c1. The van der Waals surface area contributed by atoms with Gasteiger partial charge in [-0.2, -0.15) is 0 Å². The van der Waals surface area contributed by atoms with Crippen molar-refractivity contribution in [2.45, 2.75) is 0 Å². The zero-order chi connectivity index (χ0) is 47.4. The van der Waals surface area contributed by atoms with Crippen LogP contribution in [-0.4, -0.2) is 28.3 Å². The monoisotopic (exact) mass is 917 g/mol. The number of hydrogen-bond acceptors (Lipinski definition) is 4. The molecule has 0 bridgehead atoms. The normalized spacial score (nSPS) is 11.3. The number of hydrogen-bond donors (Lipinski definition) is 0. The molecule has 70 heavy (non-hydrogen) atoms. The molecule has 0 N–H and O–H groups in total. The Hall–Kier alpha value is -8.56. The summed E-state index contributed by atoms with van der Waals surface area (Å²) in [5.41, 5.74) is 18.3. The molecule has 5 heteroatoms.